The normalized spacial score (nSPS) is 14.1. The molecule has 0 unspecified atom stereocenters. The van der Waals surface area contributed by atoms with Crippen LogP contribution < -0.4 is 89.2 Å². The number of rotatable bonds is 63. The number of ketones is 4. The second kappa shape index (κ2) is 60.4. The Balaban J connectivity index is 0. The molecule has 34 nitrogen and oxygen atoms in total. The fourth-order valence-electron chi connectivity index (χ4n) is 12.0. The van der Waals surface area contributed by atoms with Gasteiger partial charge in [0.25, 0.3) is 0 Å². The van der Waals surface area contributed by atoms with Crippen molar-refractivity contribution in [3.8, 4) is 0 Å². The summed E-state index contributed by atoms with van der Waals surface area (Å²) in [5.41, 5.74) is 53.8. The van der Waals surface area contributed by atoms with Crippen molar-refractivity contribution in [1.82, 2.24) is 31.9 Å². The zero-order valence-corrected chi connectivity index (χ0v) is 66.3. The van der Waals surface area contributed by atoms with E-state index in [-0.39, 0.29) is 143 Å². The van der Waals surface area contributed by atoms with Gasteiger partial charge in [-0.05, 0) is 88.4 Å². The van der Waals surface area contributed by atoms with Crippen molar-refractivity contribution >= 4 is 94.2 Å². The highest BCUT2D eigenvalue weighted by Gasteiger charge is 2.36. The van der Waals surface area contributed by atoms with Gasteiger partial charge >= 0.3 is 0 Å². The number of nitrogens with one attached hydrogen (secondary N) is 6. The first-order valence-electron chi connectivity index (χ1n) is 38.8. The summed E-state index contributed by atoms with van der Waals surface area (Å²) < 4.78 is 0. The molecule has 28 N–H and O–H groups in total. The zero-order valence-electron chi connectivity index (χ0n) is 66.3. The number of carbonyl (C=O) groups is 12. The van der Waals surface area contributed by atoms with E-state index in [1.54, 1.807) is 6.92 Å². The molecule has 0 aliphatic heterocycles. The second-order valence-corrected chi connectivity index (χ2v) is 29.1. The van der Waals surface area contributed by atoms with E-state index in [9.17, 15) is 67.7 Å². The number of primary amides is 2. The molecule has 0 saturated carbocycles. The predicted octanol–water partition coefficient (Wildman–Crippen LogP) is 1.26. The van der Waals surface area contributed by atoms with Crippen LogP contribution in [-0.2, 0) is 57.5 Å². The molecule has 0 saturated heterocycles. The van der Waals surface area contributed by atoms with Crippen LogP contribution >= 0.6 is 0 Å². The zero-order chi connectivity index (χ0) is 82.3. The molecule has 0 aliphatic rings. The van der Waals surface area contributed by atoms with E-state index in [2.05, 4.69) is 58.8 Å². The third-order valence-electron chi connectivity index (χ3n) is 18.5. The van der Waals surface area contributed by atoms with E-state index in [0.717, 1.165) is 19.3 Å². The largest absolute Gasteiger partial charge is 0.396 e. The molecule has 0 aliphatic carbocycles. The summed E-state index contributed by atoms with van der Waals surface area (Å²) in [6, 6.07) is -5.68. The topological polar surface area (TPSA) is 627 Å². The first kappa shape index (κ1) is 101. The van der Waals surface area contributed by atoms with Crippen LogP contribution in [0, 0.1) is 47.3 Å². The van der Waals surface area contributed by atoms with Crippen molar-refractivity contribution in [2.24, 2.45) is 125 Å². The Morgan fingerprint density at radius 3 is 1.11 bits per heavy atom. The second-order valence-electron chi connectivity index (χ2n) is 29.1. The standard InChI is InChI=1S/C46H88N10O7.C28H52N10O7/c1-7-9-10-11-12-13-14-15-16-17-18-19-20-25-41(60)54-36(24-22-27-53-46(49)50)44(63)55-37(28-32(3)4)39(58)29-34(23-21-26-52-45(47)48)42(61)56-38(31-57)40(59)30-35(33(5)8-2)43(62)51-6;1-15(2)10-19(37-26(45)18(14-39)12-21(40)16(3)6-4-8-35-27(31)32)22(41)11-17(7-5-9-36-28(33)34)25(44)38-20(24(30)43)13-23(29)42/h32-38,57H,7-31H2,1-6H3,(H,51,62)(H,54,60)(H,55,63)(H,56,61)(H4,47,48,52)(H4,49,50,53);15-20,39H,4-14H2,1-3H3,(H2,29,42)(H2,30,43)(H,37,45)(H,38,44)(H4,31,32,35)(H4,33,34,36)/t33-,34+,35-,36-,37-,38-;16-,17+,18-,19-,20-/m00/s1. The molecular formula is C74H140N20O14. The number of amides is 8. The molecule has 620 valence electrons. The maximum atomic E-state index is 14.1. The van der Waals surface area contributed by atoms with Crippen molar-refractivity contribution < 1.29 is 67.7 Å². The Bertz CT molecular complexity index is 2820. The number of guanidine groups is 4. The van der Waals surface area contributed by atoms with Gasteiger partial charge in [0, 0.05) is 89.0 Å². The number of hydrogen-bond donors (Lipinski definition) is 18. The van der Waals surface area contributed by atoms with Gasteiger partial charge < -0.3 is 99.5 Å². The molecular weight excluding hydrogens is 1390 g/mol. The number of aliphatic imine (C=N–C) groups is 4. The van der Waals surface area contributed by atoms with Gasteiger partial charge in [0.05, 0.1) is 37.6 Å². The van der Waals surface area contributed by atoms with Gasteiger partial charge in [0.1, 0.15) is 23.9 Å². The molecule has 0 aromatic rings. The molecule has 0 aromatic carbocycles. The number of aliphatic hydroxyl groups excluding tert-OH is 2. The summed E-state index contributed by atoms with van der Waals surface area (Å²) in [5, 5.41) is 36.1. The smallest absolute Gasteiger partial charge is 0.243 e. The predicted molar refractivity (Wildman–Crippen MR) is 421 cm³/mol. The average molecular weight is 1530 g/mol. The van der Waals surface area contributed by atoms with Crippen LogP contribution in [0.25, 0.3) is 0 Å². The fourth-order valence-corrected chi connectivity index (χ4v) is 12.0. The Kier molecular flexibility index (Phi) is 56.7. The van der Waals surface area contributed by atoms with Gasteiger partial charge in [0.2, 0.25) is 47.3 Å². The highest BCUT2D eigenvalue weighted by Crippen LogP contribution is 2.24. The molecule has 0 fully saturated rings. The molecule has 0 rings (SSSR count). The molecule has 11 atom stereocenters. The lowest BCUT2D eigenvalue weighted by atomic mass is 9.85. The Hall–Kier alpha value is -8.56. The minimum atomic E-state index is -1.38. The molecule has 0 spiro atoms. The average Bonchev–Trinajstić information content (AvgIpc) is 0.871. The van der Waals surface area contributed by atoms with Crippen LogP contribution in [0.5, 0.6) is 0 Å². The molecule has 0 heterocycles. The van der Waals surface area contributed by atoms with Gasteiger partial charge in [0.15, 0.2) is 41.2 Å². The van der Waals surface area contributed by atoms with Crippen LogP contribution in [0.3, 0.4) is 0 Å². The maximum absolute atomic E-state index is 14.1. The van der Waals surface area contributed by atoms with E-state index in [4.69, 9.17) is 57.3 Å². The molecule has 8 amide bonds. The van der Waals surface area contributed by atoms with Gasteiger partial charge in [-0.15, -0.1) is 0 Å². The first-order chi connectivity index (χ1) is 51.0. The van der Waals surface area contributed by atoms with E-state index in [1.165, 1.54) is 64.8 Å². The van der Waals surface area contributed by atoms with Crippen molar-refractivity contribution in [3.63, 3.8) is 0 Å². The fraction of sp³-hybridized carbons (Fsp3) is 0.784. The van der Waals surface area contributed by atoms with Gasteiger partial charge in [-0.3, -0.25) is 77.5 Å². The summed E-state index contributed by atoms with van der Waals surface area (Å²) in [6.07, 6.45) is 17.7. The number of aliphatic hydroxyl groups is 2. The molecule has 0 aromatic heterocycles. The third kappa shape index (κ3) is 50.1. The SMILES string of the molecule is CC(C)C[C@H](NC(=O)[C@H](CO)CC(=O)[C@@H](C)CCCN=C(N)N)C(=O)C[C@@H](CCCN=C(N)N)C(=O)N[C@@H](CC(N)=O)C(N)=O.CCCCCCCCCCCCCCCC(=O)N[C@@H](CCCN=C(N)N)C(=O)N[C@@H](CC(C)C)C(=O)C[C@@H](CCCN=C(N)N)C(=O)N[C@@H](CO)C(=O)C[C@H](C(=O)NC)[C@@H](C)CC. The Morgan fingerprint density at radius 2 is 0.731 bits per heavy atom. The molecule has 34 heteroatoms. The van der Waals surface area contributed by atoms with E-state index in [0.29, 0.717) is 51.5 Å². The van der Waals surface area contributed by atoms with Crippen molar-refractivity contribution in [1.29, 1.82) is 0 Å². The number of unbranched alkanes of at least 4 members (excludes halogenated alkanes) is 12. The number of nitrogens with zero attached hydrogens (tertiary/aromatic N) is 4. The highest BCUT2D eigenvalue weighted by molar-refractivity contribution is 5.98. The monoisotopic (exact) mass is 1530 g/mol. The lowest BCUT2D eigenvalue weighted by molar-refractivity contribution is -0.136. The Morgan fingerprint density at radius 1 is 0.361 bits per heavy atom. The van der Waals surface area contributed by atoms with E-state index >= 15 is 0 Å². The summed E-state index contributed by atoms with van der Waals surface area (Å²) in [6.45, 7) is 14.8. The van der Waals surface area contributed by atoms with Crippen LogP contribution in [0.1, 0.15) is 248 Å². The van der Waals surface area contributed by atoms with Crippen LogP contribution in [0.15, 0.2) is 20.0 Å². The number of nitrogens with two attached hydrogens (primary N) is 10. The summed E-state index contributed by atoms with van der Waals surface area (Å²) >= 11 is 0. The van der Waals surface area contributed by atoms with Gasteiger partial charge in [-0.2, -0.15) is 0 Å². The third-order valence-corrected chi connectivity index (χ3v) is 18.5. The molecule has 0 bridgehead atoms. The lowest BCUT2D eigenvalue weighted by Crippen LogP contribution is -2.52. The summed E-state index contributed by atoms with van der Waals surface area (Å²) in [4.78, 5) is 172. The number of hydrogen-bond acceptors (Lipinski definition) is 18. The Labute approximate surface area is 640 Å². The van der Waals surface area contributed by atoms with Gasteiger partial charge in [-0.1, -0.05) is 139 Å². The maximum Gasteiger partial charge on any atom is 0.243 e. The van der Waals surface area contributed by atoms with Crippen LogP contribution in [0.4, 0.5) is 0 Å². The van der Waals surface area contributed by atoms with Crippen LogP contribution in [0.2, 0.25) is 0 Å². The van der Waals surface area contributed by atoms with Crippen molar-refractivity contribution in [2.45, 2.75) is 278 Å². The minimum absolute atomic E-state index is 0.0333. The van der Waals surface area contributed by atoms with Crippen LogP contribution in [-0.4, -0.2) is 181 Å². The van der Waals surface area contributed by atoms with Crippen molar-refractivity contribution in [3.05, 3.63) is 0 Å². The number of Topliss-reactive ketones (excluding diaryl/α,β-unsaturated/α-hetero) is 4. The number of carbonyl (C=O) groups excluding carboxylic acids is 12. The highest BCUT2D eigenvalue weighted by atomic mass is 16.3. The quantitative estimate of drug-likeness (QED) is 0.0231. The van der Waals surface area contributed by atoms with Gasteiger partial charge in [-0.25, -0.2) is 0 Å². The lowest BCUT2D eigenvalue weighted by Gasteiger charge is -2.26. The first-order valence-corrected chi connectivity index (χ1v) is 38.8. The van der Waals surface area contributed by atoms with Crippen molar-refractivity contribution in [2.75, 3.05) is 46.4 Å². The summed E-state index contributed by atoms with van der Waals surface area (Å²) in [7, 11) is 1.49. The van der Waals surface area contributed by atoms with E-state index in [1.807, 2.05) is 41.5 Å². The molecule has 0 radical (unpaired) electrons. The summed E-state index contributed by atoms with van der Waals surface area (Å²) in [5.74, 6) is -11.4. The molecule has 108 heavy (non-hydrogen) atoms. The minimum Gasteiger partial charge on any atom is -0.396 e. The van der Waals surface area contributed by atoms with E-state index < -0.39 is 132 Å².